The van der Waals surface area contributed by atoms with Crippen molar-refractivity contribution >= 4 is 33.6 Å². The summed E-state index contributed by atoms with van der Waals surface area (Å²) in [5.74, 6) is -0.174. The summed E-state index contributed by atoms with van der Waals surface area (Å²) in [7, 11) is -3.17. The molecule has 2 aliphatic rings. The second-order valence-corrected chi connectivity index (χ2v) is 8.80. The van der Waals surface area contributed by atoms with E-state index in [2.05, 4.69) is 5.32 Å². The summed E-state index contributed by atoms with van der Waals surface area (Å²) in [6, 6.07) is 7.36. The summed E-state index contributed by atoms with van der Waals surface area (Å²) in [5, 5.41) is 3.59. The van der Waals surface area contributed by atoms with E-state index in [1.165, 1.54) is 12.3 Å². The first-order chi connectivity index (χ1) is 11.3. The molecule has 1 aromatic rings. The van der Waals surface area contributed by atoms with E-state index < -0.39 is 10.0 Å². The van der Waals surface area contributed by atoms with Crippen LogP contribution in [0.25, 0.3) is 6.08 Å². The van der Waals surface area contributed by atoms with E-state index in [-0.39, 0.29) is 24.0 Å². The van der Waals surface area contributed by atoms with Crippen LogP contribution >= 0.6 is 11.6 Å². The van der Waals surface area contributed by atoms with Gasteiger partial charge in [-0.2, -0.15) is 4.31 Å². The maximum absolute atomic E-state index is 12.1. The van der Waals surface area contributed by atoms with Gasteiger partial charge in [0.15, 0.2) is 0 Å². The molecule has 1 amide bonds. The van der Waals surface area contributed by atoms with Gasteiger partial charge in [-0.05, 0) is 43.4 Å². The molecule has 0 saturated carbocycles. The quantitative estimate of drug-likeness (QED) is 0.830. The van der Waals surface area contributed by atoms with Crippen molar-refractivity contribution in [3.8, 4) is 0 Å². The molecule has 0 spiro atoms. The van der Waals surface area contributed by atoms with Crippen LogP contribution in [0.15, 0.2) is 30.3 Å². The molecule has 0 aliphatic carbocycles. The van der Waals surface area contributed by atoms with Crippen molar-refractivity contribution < 1.29 is 13.2 Å². The summed E-state index contributed by atoms with van der Waals surface area (Å²) in [4.78, 5) is 12.1. The molecule has 24 heavy (non-hydrogen) atoms. The highest BCUT2D eigenvalue weighted by Gasteiger charge is 2.45. The van der Waals surface area contributed by atoms with Crippen LogP contribution in [-0.2, 0) is 14.8 Å². The minimum absolute atomic E-state index is 0.0107. The van der Waals surface area contributed by atoms with Crippen LogP contribution in [0.1, 0.15) is 31.2 Å². The number of hydrogen-bond acceptors (Lipinski definition) is 3. The number of hydrogen-bond donors (Lipinski definition) is 1. The number of carbonyl (C=O) groups excluding carboxylic acids is 1. The zero-order valence-electron chi connectivity index (χ0n) is 13.5. The van der Waals surface area contributed by atoms with E-state index in [1.54, 1.807) is 16.4 Å². The molecule has 5 nitrogen and oxygen atoms in total. The number of amides is 1. The Morgan fingerprint density at radius 2 is 1.88 bits per heavy atom. The number of piperidine rings is 1. The van der Waals surface area contributed by atoms with Crippen molar-refractivity contribution in [2.24, 2.45) is 0 Å². The maximum Gasteiger partial charge on any atom is 0.244 e. The molecule has 7 heteroatoms. The largest absolute Gasteiger partial charge is 0.350 e. The molecule has 0 radical (unpaired) electrons. The lowest BCUT2D eigenvalue weighted by Gasteiger charge is -2.37. The zero-order valence-corrected chi connectivity index (χ0v) is 15.1. The predicted octanol–water partition coefficient (Wildman–Crippen LogP) is 2.42. The Bertz CT molecular complexity index is 749. The summed E-state index contributed by atoms with van der Waals surface area (Å²) < 4.78 is 25.4. The highest BCUT2D eigenvalue weighted by molar-refractivity contribution is 7.88. The lowest BCUT2D eigenvalue weighted by atomic mass is 10.00. The van der Waals surface area contributed by atoms with Gasteiger partial charge in [-0.15, -0.1) is 0 Å². The molecule has 3 rings (SSSR count). The Hall–Kier alpha value is -1.37. The fourth-order valence-electron chi connectivity index (χ4n) is 3.82. The molecule has 2 atom stereocenters. The fourth-order valence-corrected chi connectivity index (χ4v) is 5.48. The van der Waals surface area contributed by atoms with Gasteiger partial charge in [0.25, 0.3) is 0 Å². The lowest BCUT2D eigenvalue weighted by molar-refractivity contribution is -0.117. The molecular formula is C17H21ClN2O3S. The van der Waals surface area contributed by atoms with Gasteiger partial charge < -0.3 is 5.32 Å². The number of rotatable bonds is 4. The Morgan fingerprint density at radius 3 is 2.46 bits per heavy atom. The standard InChI is InChI=1S/C17H21ClN2O3S/c1-24(22,23)20-14-7-8-15(20)11-13(10-14)19-17(21)9-6-12-4-2-3-5-16(12)18/h2-6,9,13-15H,7-8,10-11H2,1H3,(H,19,21)/b9-6+. The second kappa shape index (κ2) is 6.86. The van der Waals surface area contributed by atoms with Crippen LogP contribution in [0, 0.1) is 0 Å². The van der Waals surface area contributed by atoms with Gasteiger partial charge in [0.05, 0.1) is 6.26 Å². The number of nitrogens with zero attached hydrogens (tertiary/aromatic N) is 1. The predicted molar refractivity (Wildman–Crippen MR) is 95.1 cm³/mol. The number of carbonyl (C=O) groups is 1. The molecule has 2 fully saturated rings. The third-order valence-electron chi connectivity index (χ3n) is 4.71. The molecule has 1 N–H and O–H groups in total. The molecule has 2 bridgehead atoms. The van der Waals surface area contributed by atoms with Gasteiger partial charge in [0.1, 0.15) is 0 Å². The van der Waals surface area contributed by atoms with Crippen LogP contribution in [0.4, 0.5) is 0 Å². The van der Waals surface area contributed by atoms with Gasteiger partial charge in [-0.1, -0.05) is 29.8 Å². The van der Waals surface area contributed by atoms with E-state index in [9.17, 15) is 13.2 Å². The first-order valence-electron chi connectivity index (χ1n) is 8.06. The van der Waals surface area contributed by atoms with Crippen LogP contribution in [-0.4, -0.2) is 43.0 Å². The molecule has 0 aromatic heterocycles. The monoisotopic (exact) mass is 368 g/mol. The van der Waals surface area contributed by atoms with Crippen molar-refractivity contribution in [2.75, 3.05) is 6.26 Å². The normalized spacial score (nSPS) is 27.5. The van der Waals surface area contributed by atoms with Gasteiger partial charge in [-0.25, -0.2) is 8.42 Å². The topological polar surface area (TPSA) is 66.5 Å². The summed E-state index contributed by atoms with van der Waals surface area (Å²) in [5.41, 5.74) is 0.793. The van der Waals surface area contributed by atoms with Crippen molar-refractivity contribution in [1.29, 1.82) is 0 Å². The highest BCUT2D eigenvalue weighted by Crippen LogP contribution is 2.37. The van der Waals surface area contributed by atoms with E-state index in [0.717, 1.165) is 18.4 Å². The average molecular weight is 369 g/mol. The summed E-state index contributed by atoms with van der Waals surface area (Å²) in [6.07, 6.45) is 7.54. The van der Waals surface area contributed by atoms with E-state index >= 15 is 0 Å². The smallest absolute Gasteiger partial charge is 0.244 e. The maximum atomic E-state index is 12.1. The first-order valence-corrected chi connectivity index (χ1v) is 10.3. The number of halogens is 1. The van der Waals surface area contributed by atoms with Gasteiger partial charge in [0, 0.05) is 29.2 Å². The van der Waals surface area contributed by atoms with Crippen LogP contribution in [0.2, 0.25) is 5.02 Å². The van der Waals surface area contributed by atoms with Crippen LogP contribution < -0.4 is 5.32 Å². The number of sulfonamides is 1. The first kappa shape index (κ1) is 17.5. The zero-order chi connectivity index (χ0) is 17.3. The molecule has 2 unspecified atom stereocenters. The van der Waals surface area contributed by atoms with Crippen LogP contribution in [0.5, 0.6) is 0 Å². The Morgan fingerprint density at radius 1 is 1.25 bits per heavy atom. The lowest BCUT2D eigenvalue weighted by Crippen LogP contribution is -2.51. The van der Waals surface area contributed by atoms with Gasteiger partial charge in [-0.3, -0.25) is 4.79 Å². The molecular weight excluding hydrogens is 348 g/mol. The molecule has 2 heterocycles. The van der Waals surface area contributed by atoms with E-state index in [4.69, 9.17) is 11.6 Å². The number of nitrogens with one attached hydrogen (secondary N) is 1. The molecule has 130 valence electrons. The third-order valence-corrected chi connectivity index (χ3v) is 6.42. The van der Waals surface area contributed by atoms with Crippen molar-refractivity contribution in [2.45, 2.75) is 43.8 Å². The SMILES string of the molecule is CS(=O)(=O)N1C2CCC1CC(NC(=O)/C=C/c1ccccc1Cl)C2. The Labute approximate surface area is 147 Å². The number of fused-ring (bicyclic) bond motifs is 2. The van der Waals surface area contributed by atoms with Crippen molar-refractivity contribution in [3.63, 3.8) is 0 Å². The number of benzene rings is 1. The summed E-state index contributed by atoms with van der Waals surface area (Å²) >= 11 is 6.06. The van der Waals surface area contributed by atoms with E-state index in [1.807, 2.05) is 18.2 Å². The minimum Gasteiger partial charge on any atom is -0.350 e. The van der Waals surface area contributed by atoms with Gasteiger partial charge >= 0.3 is 0 Å². The summed E-state index contributed by atoms with van der Waals surface area (Å²) in [6.45, 7) is 0. The van der Waals surface area contributed by atoms with Crippen molar-refractivity contribution in [1.82, 2.24) is 9.62 Å². The van der Waals surface area contributed by atoms with E-state index in [0.29, 0.717) is 17.9 Å². The Kier molecular flexibility index (Phi) is 4.99. The molecule has 2 aliphatic heterocycles. The average Bonchev–Trinajstić information content (AvgIpc) is 2.79. The second-order valence-electron chi connectivity index (χ2n) is 6.51. The van der Waals surface area contributed by atoms with Crippen molar-refractivity contribution in [3.05, 3.63) is 40.9 Å². The van der Waals surface area contributed by atoms with Gasteiger partial charge in [0.2, 0.25) is 15.9 Å². The third kappa shape index (κ3) is 3.82. The molecule has 2 saturated heterocycles. The fraction of sp³-hybridized carbons (Fsp3) is 0.471. The Balaban J connectivity index is 1.60. The minimum atomic E-state index is -3.17. The highest BCUT2D eigenvalue weighted by atomic mass is 35.5. The molecule has 1 aromatic carbocycles. The van der Waals surface area contributed by atoms with Crippen LogP contribution in [0.3, 0.4) is 0 Å².